The fourth-order valence-electron chi connectivity index (χ4n) is 3.27. The minimum absolute atomic E-state index is 0. The van der Waals surface area contributed by atoms with Crippen LogP contribution >= 0.6 is 35.3 Å². The Kier molecular flexibility index (Phi) is 10.0. The standard InChI is InChI=1S/C19H29N5O3S2.HI/c1-3-20-19(21-14-16(2)13-18-5-4-12-28-18)23-7-9-24(10-8-23)29(25,26)15-17-6-11-27-22-17;/h4-6,11-12,16H,3,7-10,13-15H2,1-2H3,(H,20,21);1H. The molecule has 30 heavy (non-hydrogen) atoms. The molecule has 0 amide bonds. The van der Waals surface area contributed by atoms with Gasteiger partial charge in [-0.3, -0.25) is 4.99 Å². The Hall–Kier alpha value is -1.18. The molecule has 1 atom stereocenters. The van der Waals surface area contributed by atoms with Crippen molar-refractivity contribution in [1.29, 1.82) is 0 Å². The van der Waals surface area contributed by atoms with Gasteiger partial charge in [0, 0.05) is 50.2 Å². The van der Waals surface area contributed by atoms with E-state index in [9.17, 15) is 8.42 Å². The second-order valence-corrected chi connectivity index (χ2v) is 10.2. The molecule has 1 aliphatic rings. The van der Waals surface area contributed by atoms with Gasteiger partial charge >= 0.3 is 0 Å². The summed E-state index contributed by atoms with van der Waals surface area (Å²) in [5.41, 5.74) is 0.432. The molecule has 3 rings (SSSR count). The number of halogens is 1. The van der Waals surface area contributed by atoms with Crippen molar-refractivity contribution >= 4 is 51.3 Å². The molecule has 1 aliphatic heterocycles. The highest BCUT2D eigenvalue weighted by atomic mass is 127. The van der Waals surface area contributed by atoms with Gasteiger partial charge in [0.1, 0.15) is 12.0 Å². The summed E-state index contributed by atoms with van der Waals surface area (Å²) in [5.74, 6) is 1.18. The van der Waals surface area contributed by atoms with Gasteiger partial charge in [0.05, 0.1) is 5.69 Å². The minimum atomic E-state index is -3.40. The number of thiophene rings is 1. The molecule has 0 saturated carbocycles. The third kappa shape index (κ3) is 7.20. The lowest BCUT2D eigenvalue weighted by Crippen LogP contribution is -2.54. The number of rotatable bonds is 8. The molecule has 2 aromatic rings. The Labute approximate surface area is 199 Å². The van der Waals surface area contributed by atoms with Crippen molar-refractivity contribution in [3.05, 3.63) is 40.4 Å². The molecule has 0 aromatic carbocycles. The number of nitrogens with one attached hydrogen (secondary N) is 1. The maximum atomic E-state index is 12.6. The van der Waals surface area contributed by atoms with Gasteiger partial charge in [0.25, 0.3) is 0 Å². The van der Waals surface area contributed by atoms with E-state index in [1.807, 2.05) is 6.92 Å². The van der Waals surface area contributed by atoms with E-state index in [2.05, 4.69) is 39.8 Å². The summed E-state index contributed by atoms with van der Waals surface area (Å²) in [4.78, 5) is 8.33. The number of nitrogens with zero attached hydrogens (tertiary/aromatic N) is 4. The number of piperazine rings is 1. The van der Waals surface area contributed by atoms with Crippen molar-refractivity contribution in [3.8, 4) is 0 Å². The Morgan fingerprint density at radius 2 is 2.10 bits per heavy atom. The summed E-state index contributed by atoms with van der Waals surface area (Å²) in [7, 11) is -3.40. The van der Waals surface area contributed by atoms with Crippen LogP contribution in [0.5, 0.6) is 0 Å². The van der Waals surface area contributed by atoms with Gasteiger partial charge in [-0.1, -0.05) is 18.1 Å². The lowest BCUT2D eigenvalue weighted by Gasteiger charge is -2.35. The predicted octanol–water partition coefficient (Wildman–Crippen LogP) is 2.65. The van der Waals surface area contributed by atoms with Crippen LogP contribution in [-0.2, 0) is 22.2 Å². The van der Waals surface area contributed by atoms with Crippen LogP contribution < -0.4 is 5.32 Å². The van der Waals surface area contributed by atoms with Crippen LogP contribution in [0.3, 0.4) is 0 Å². The van der Waals surface area contributed by atoms with E-state index in [0.717, 1.165) is 25.5 Å². The molecule has 0 radical (unpaired) electrons. The Balaban J connectivity index is 0.00000320. The molecule has 8 nitrogen and oxygen atoms in total. The van der Waals surface area contributed by atoms with E-state index in [0.29, 0.717) is 37.8 Å². The van der Waals surface area contributed by atoms with Gasteiger partial charge in [-0.25, -0.2) is 8.42 Å². The first kappa shape index (κ1) is 25.1. The van der Waals surface area contributed by atoms with E-state index in [4.69, 9.17) is 9.52 Å². The van der Waals surface area contributed by atoms with Crippen molar-refractivity contribution in [2.45, 2.75) is 26.0 Å². The summed E-state index contributed by atoms with van der Waals surface area (Å²) >= 11 is 1.78. The third-order valence-electron chi connectivity index (χ3n) is 4.77. The fourth-order valence-corrected chi connectivity index (χ4v) is 5.57. The summed E-state index contributed by atoms with van der Waals surface area (Å²) in [6.07, 6.45) is 2.41. The molecule has 3 heterocycles. The maximum absolute atomic E-state index is 12.6. The summed E-state index contributed by atoms with van der Waals surface area (Å²) in [6, 6.07) is 5.83. The van der Waals surface area contributed by atoms with Gasteiger partial charge in [0.2, 0.25) is 10.0 Å². The Morgan fingerprint density at radius 3 is 2.70 bits per heavy atom. The highest BCUT2D eigenvalue weighted by Gasteiger charge is 2.29. The molecule has 1 saturated heterocycles. The zero-order chi connectivity index (χ0) is 20.7. The number of sulfonamides is 1. The number of aromatic nitrogens is 1. The van der Waals surface area contributed by atoms with Crippen LogP contribution in [-0.4, -0.2) is 68.0 Å². The molecular formula is C19H30IN5O3S2. The smallest absolute Gasteiger partial charge is 0.220 e. The molecule has 2 aromatic heterocycles. The Morgan fingerprint density at radius 1 is 1.33 bits per heavy atom. The zero-order valence-electron chi connectivity index (χ0n) is 17.4. The molecule has 0 bridgehead atoms. The SMILES string of the molecule is CCNC(=NCC(C)Cc1cccs1)N1CCN(S(=O)(=O)Cc2ccon2)CC1.I. The van der Waals surface area contributed by atoms with Crippen LogP contribution in [0.1, 0.15) is 24.4 Å². The molecule has 0 spiro atoms. The Bertz CT molecular complexity index is 864. The molecule has 1 N–H and O–H groups in total. The second kappa shape index (κ2) is 12.0. The number of hydrogen-bond donors (Lipinski definition) is 1. The van der Waals surface area contributed by atoms with Crippen LogP contribution in [0.15, 0.2) is 39.4 Å². The van der Waals surface area contributed by atoms with Crippen molar-refractivity contribution in [2.75, 3.05) is 39.3 Å². The normalized spacial score (nSPS) is 16.9. The number of aliphatic imine (C=N–C) groups is 1. The van der Waals surface area contributed by atoms with Crippen LogP contribution in [0, 0.1) is 5.92 Å². The average Bonchev–Trinajstić information content (AvgIpc) is 3.39. The van der Waals surface area contributed by atoms with Crippen LogP contribution in [0.2, 0.25) is 0 Å². The first-order chi connectivity index (χ1) is 14.0. The van der Waals surface area contributed by atoms with Gasteiger partial charge in [0.15, 0.2) is 5.96 Å². The minimum Gasteiger partial charge on any atom is -0.364 e. The van der Waals surface area contributed by atoms with Crippen LogP contribution in [0.25, 0.3) is 0 Å². The van der Waals surface area contributed by atoms with Gasteiger partial charge in [-0.2, -0.15) is 4.31 Å². The average molecular weight is 568 g/mol. The van der Waals surface area contributed by atoms with Gasteiger partial charge in [-0.05, 0) is 30.7 Å². The van der Waals surface area contributed by atoms with E-state index >= 15 is 0 Å². The first-order valence-corrected chi connectivity index (χ1v) is 12.4. The van der Waals surface area contributed by atoms with Crippen LogP contribution in [0.4, 0.5) is 0 Å². The molecular weight excluding hydrogens is 537 g/mol. The van der Waals surface area contributed by atoms with Crippen molar-refractivity contribution in [3.63, 3.8) is 0 Å². The lowest BCUT2D eigenvalue weighted by atomic mass is 10.1. The highest BCUT2D eigenvalue weighted by Crippen LogP contribution is 2.15. The van der Waals surface area contributed by atoms with E-state index in [-0.39, 0.29) is 29.7 Å². The molecule has 11 heteroatoms. The number of hydrogen-bond acceptors (Lipinski definition) is 6. The largest absolute Gasteiger partial charge is 0.364 e. The van der Waals surface area contributed by atoms with Crippen molar-refractivity contribution in [2.24, 2.45) is 10.9 Å². The molecule has 0 aliphatic carbocycles. The van der Waals surface area contributed by atoms with E-state index < -0.39 is 10.0 Å². The van der Waals surface area contributed by atoms with E-state index in [1.165, 1.54) is 15.4 Å². The van der Waals surface area contributed by atoms with Gasteiger partial charge < -0.3 is 14.7 Å². The number of guanidine groups is 1. The molecule has 168 valence electrons. The molecule has 1 fully saturated rings. The first-order valence-electron chi connectivity index (χ1n) is 9.90. The summed E-state index contributed by atoms with van der Waals surface area (Å²) in [6.45, 7) is 7.88. The second-order valence-electron chi connectivity index (χ2n) is 7.22. The lowest BCUT2D eigenvalue weighted by molar-refractivity contribution is 0.259. The van der Waals surface area contributed by atoms with Crippen molar-refractivity contribution in [1.82, 2.24) is 19.7 Å². The monoisotopic (exact) mass is 567 g/mol. The van der Waals surface area contributed by atoms with Crippen molar-refractivity contribution < 1.29 is 12.9 Å². The topological polar surface area (TPSA) is 91.0 Å². The summed E-state index contributed by atoms with van der Waals surface area (Å²) in [5, 5.41) is 9.16. The molecule has 1 unspecified atom stereocenters. The predicted molar refractivity (Wildman–Crippen MR) is 131 cm³/mol. The quantitative estimate of drug-likeness (QED) is 0.300. The zero-order valence-corrected chi connectivity index (χ0v) is 21.3. The highest BCUT2D eigenvalue weighted by molar-refractivity contribution is 14.0. The van der Waals surface area contributed by atoms with E-state index in [1.54, 1.807) is 17.4 Å². The fraction of sp³-hybridized carbons (Fsp3) is 0.579. The third-order valence-corrected chi connectivity index (χ3v) is 7.48. The maximum Gasteiger partial charge on any atom is 0.220 e. The van der Waals surface area contributed by atoms with Gasteiger partial charge in [-0.15, -0.1) is 35.3 Å². The summed E-state index contributed by atoms with van der Waals surface area (Å²) < 4.78 is 31.5.